The van der Waals surface area contributed by atoms with Gasteiger partial charge < -0.3 is 13.4 Å². The number of benzene rings is 8. The lowest BCUT2D eigenvalue weighted by Crippen LogP contribution is -2.28. The molecule has 1 aliphatic heterocycles. The lowest BCUT2D eigenvalue weighted by molar-refractivity contribution is 0.533. The number of fused-ring (bicyclic) bond motifs is 5. The van der Waals surface area contributed by atoms with Gasteiger partial charge in [-0.3, -0.25) is 4.99 Å². The molecule has 5 heterocycles. The molecule has 0 saturated heterocycles. The number of aromatic nitrogens is 2. The largest absolute Gasteiger partial charge is 0.456 e. The summed E-state index contributed by atoms with van der Waals surface area (Å²) in [4.78, 5) is 10.8. The van der Waals surface area contributed by atoms with Gasteiger partial charge in [-0.15, -0.1) is 0 Å². The van der Waals surface area contributed by atoms with Crippen LogP contribution >= 0.6 is 0 Å². The van der Waals surface area contributed by atoms with Crippen molar-refractivity contribution in [1.82, 2.24) is 8.97 Å². The number of hydrogen-bond acceptors (Lipinski definition) is 3. The minimum absolute atomic E-state index is 0.0491. The van der Waals surface area contributed by atoms with Crippen LogP contribution in [0.15, 0.2) is 178 Å². The van der Waals surface area contributed by atoms with Crippen LogP contribution in [0.3, 0.4) is 0 Å². The number of hydrogen-bond donors (Lipinski definition) is 0. The van der Waals surface area contributed by atoms with Gasteiger partial charge in [0.05, 0.1) is 50.4 Å². The van der Waals surface area contributed by atoms with Crippen molar-refractivity contribution in [1.29, 1.82) is 0 Å². The van der Waals surface area contributed by atoms with Crippen LogP contribution in [0.4, 0.5) is 0 Å². The topological polar surface area (TPSA) is 47.2 Å². The van der Waals surface area contributed by atoms with Crippen LogP contribution in [0, 0.1) is 5.92 Å². The van der Waals surface area contributed by atoms with Gasteiger partial charge in [-0.25, -0.2) is 4.99 Å². The molecule has 0 N–H and O–H groups in total. The highest BCUT2D eigenvalue weighted by Crippen LogP contribution is 2.49. The van der Waals surface area contributed by atoms with Crippen LogP contribution in [0.25, 0.3) is 87.5 Å². The second-order valence-corrected chi connectivity index (χ2v) is 15.5. The van der Waals surface area contributed by atoms with E-state index in [1.165, 1.54) is 76.2 Å². The predicted octanol–water partition coefficient (Wildman–Crippen LogP) is 13.3. The lowest BCUT2D eigenvalue weighted by Gasteiger charge is -2.30. The summed E-state index contributed by atoms with van der Waals surface area (Å²) in [5.74, 6) is 0.886. The van der Waals surface area contributed by atoms with Gasteiger partial charge in [0.25, 0.3) is 0 Å². The maximum atomic E-state index is 6.66. The summed E-state index contributed by atoms with van der Waals surface area (Å²) in [6.45, 7) is 2.27. The van der Waals surface area contributed by atoms with Gasteiger partial charge in [0, 0.05) is 49.4 Å². The van der Waals surface area contributed by atoms with E-state index in [4.69, 9.17) is 14.4 Å². The van der Waals surface area contributed by atoms with Gasteiger partial charge in [0.2, 0.25) is 0 Å². The van der Waals surface area contributed by atoms with E-state index in [1.54, 1.807) is 0 Å². The molecule has 1 aliphatic rings. The van der Waals surface area contributed by atoms with Gasteiger partial charge in [0.1, 0.15) is 11.2 Å². The predicted molar refractivity (Wildman–Crippen MR) is 236 cm³/mol. The Morgan fingerprint density at radius 1 is 0.526 bits per heavy atom. The van der Waals surface area contributed by atoms with E-state index in [0.29, 0.717) is 0 Å². The van der Waals surface area contributed by atoms with E-state index in [1.807, 2.05) is 6.07 Å². The van der Waals surface area contributed by atoms with Crippen molar-refractivity contribution in [2.45, 2.75) is 19.4 Å². The van der Waals surface area contributed by atoms with E-state index >= 15 is 0 Å². The van der Waals surface area contributed by atoms with Crippen molar-refractivity contribution in [2.75, 3.05) is 0 Å². The van der Waals surface area contributed by atoms with Crippen LogP contribution in [0.5, 0.6) is 0 Å². The number of rotatable bonds is 5. The third-order valence-electron chi connectivity index (χ3n) is 12.7. The van der Waals surface area contributed by atoms with Gasteiger partial charge in [-0.1, -0.05) is 122 Å². The van der Waals surface area contributed by atoms with Gasteiger partial charge in [0.15, 0.2) is 5.84 Å². The molecular formula is C52H34N4O. The highest BCUT2D eigenvalue weighted by Gasteiger charge is 2.33. The maximum absolute atomic E-state index is 6.66. The Hall–Kier alpha value is -7.24. The molecule has 5 heteroatoms. The molecule has 57 heavy (non-hydrogen) atoms. The molecule has 2 unspecified atom stereocenters. The third-order valence-corrected chi connectivity index (χ3v) is 12.7. The Labute approximate surface area is 327 Å². The van der Waals surface area contributed by atoms with E-state index in [2.05, 4.69) is 174 Å². The summed E-state index contributed by atoms with van der Waals surface area (Å²) in [5, 5.41) is 9.72. The Bertz CT molecular complexity index is 3620. The zero-order valence-electron chi connectivity index (χ0n) is 31.1. The van der Waals surface area contributed by atoms with Crippen molar-refractivity contribution >= 4 is 93.4 Å². The van der Waals surface area contributed by atoms with Crippen LogP contribution in [0.2, 0.25) is 0 Å². The van der Waals surface area contributed by atoms with E-state index in [-0.39, 0.29) is 12.0 Å². The minimum atomic E-state index is -0.0491. The number of para-hydroxylation sites is 1. The first-order valence-corrected chi connectivity index (χ1v) is 19.9. The first kappa shape index (κ1) is 31.0. The fourth-order valence-corrected chi connectivity index (χ4v) is 10.3. The molecule has 0 radical (unpaired) electrons. The summed E-state index contributed by atoms with van der Waals surface area (Å²) >= 11 is 0. The van der Waals surface area contributed by atoms with Crippen LogP contribution in [0.1, 0.15) is 36.1 Å². The summed E-state index contributed by atoms with van der Waals surface area (Å²) in [6, 6.07) is 59.0. The fraction of sp³-hybridized carbons (Fsp3) is 0.0769. The van der Waals surface area contributed by atoms with Crippen LogP contribution in [-0.2, 0) is 0 Å². The standard InChI is InChI=1S/C52H34N4O/c1-2-32-49(30-14-5-3-6-15-30)53-52(31-16-7-4-8-17-31)54-50(32)36-24-26-39(34-19-10-9-18-33(34)36)55-40-22-13-23-41-45(40)46-42(55)27-29-43-47(46)48-44(57-43)28-25-37-35-20-11-12-21-38(35)56(41)51(37)48/h3-29,32,49H,2H2,1H3. The van der Waals surface area contributed by atoms with Crippen molar-refractivity contribution in [3.63, 3.8) is 0 Å². The fourth-order valence-electron chi connectivity index (χ4n) is 10.3. The minimum Gasteiger partial charge on any atom is -0.456 e. The average Bonchev–Trinajstić information content (AvgIpc) is 3.90. The molecule has 4 aromatic heterocycles. The molecule has 2 atom stereocenters. The van der Waals surface area contributed by atoms with Crippen LogP contribution in [-0.4, -0.2) is 20.5 Å². The molecule has 0 bridgehead atoms. The van der Waals surface area contributed by atoms with Gasteiger partial charge in [-0.05, 0) is 65.9 Å². The number of amidine groups is 1. The summed E-state index contributed by atoms with van der Waals surface area (Å²) in [6.07, 6.45) is 0.910. The SMILES string of the molecule is CCC1C(c2ccc(-n3c4ccc5oc6ccc7c8ccccc8n8c9cccc3c9c4c5c6c78)c3ccccc23)=NC(c2ccccc2)=NC1c1ccccc1. The summed E-state index contributed by atoms with van der Waals surface area (Å²) < 4.78 is 11.6. The molecule has 0 fully saturated rings. The smallest absolute Gasteiger partial charge is 0.155 e. The monoisotopic (exact) mass is 730 g/mol. The normalized spacial score (nSPS) is 16.4. The highest BCUT2D eigenvalue weighted by atomic mass is 16.3. The quantitative estimate of drug-likeness (QED) is 0.174. The molecule has 0 spiro atoms. The van der Waals surface area contributed by atoms with Crippen molar-refractivity contribution in [2.24, 2.45) is 15.9 Å². The zero-order chi connectivity index (χ0) is 37.4. The Morgan fingerprint density at radius 3 is 2.05 bits per heavy atom. The Kier molecular flexibility index (Phi) is 6.21. The molecular weight excluding hydrogens is 697 g/mol. The molecule has 5 nitrogen and oxygen atoms in total. The highest BCUT2D eigenvalue weighted by molar-refractivity contribution is 6.37. The van der Waals surface area contributed by atoms with Crippen molar-refractivity contribution in [3.05, 3.63) is 180 Å². The Balaban J connectivity index is 1.11. The number of nitrogens with zero attached hydrogens (tertiary/aromatic N) is 4. The first-order valence-electron chi connectivity index (χ1n) is 19.9. The lowest BCUT2D eigenvalue weighted by atomic mass is 9.81. The second-order valence-electron chi connectivity index (χ2n) is 15.5. The molecule has 0 amide bonds. The van der Waals surface area contributed by atoms with Gasteiger partial charge >= 0.3 is 0 Å². The van der Waals surface area contributed by atoms with E-state index in [9.17, 15) is 0 Å². The maximum Gasteiger partial charge on any atom is 0.155 e. The second kappa shape index (κ2) is 11.4. The molecule has 268 valence electrons. The summed E-state index contributed by atoms with van der Waals surface area (Å²) in [7, 11) is 0. The first-order chi connectivity index (χ1) is 28.3. The number of aliphatic imine (C=N–C) groups is 2. The van der Waals surface area contributed by atoms with Crippen LogP contribution < -0.4 is 0 Å². The molecule has 0 saturated carbocycles. The summed E-state index contributed by atoms with van der Waals surface area (Å²) in [5.41, 5.74) is 13.4. The zero-order valence-corrected chi connectivity index (χ0v) is 31.1. The number of furan rings is 1. The third kappa shape index (κ3) is 4.07. The van der Waals surface area contributed by atoms with Crippen molar-refractivity contribution in [3.8, 4) is 5.69 Å². The van der Waals surface area contributed by atoms with E-state index < -0.39 is 0 Å². The molecule has 8 aromatic carbocycles. The molecule has 13 rings (SSSR count). The Morgan fingerprint density at radius 2 is 1.21 bits per heavy atom. The molecule has 0 aliphatic carbocycles. The average molecular weight is 731 g/mol. The van der Waals surface area contributed by atoms with E-state index in [0.717, 1.165) is 45.9 Å². The molecule has 12 aromatic rings. The van der Waals surface area contributed by atoms with Gasteiger partial charge in [-0.2, -0.15) is 0 Å². The van der Waals surface area contributed by atoms with Crippen molar-refractivity contribution < 1.29 is 4.42 Å².